The highest BCUT2D eigenvalue weighted by Gasteiger charge is 2.13. The van der Waals surface area contributed by atoms with Gasteiger partial charge in [0.2, 0.25) is 0 Å². The van der Waals surface area contributed by atoms with Crippen molar-refractivity contribution in [2.45, 2.75) is 0 Å². The van der Waals surface area contributed by atoms with Gasteiger partial charge in [-0.15, -0.1) is 0 Å². The molecule has 0 saturated heterocycles. The number of nitrogens with zero attached hydrogens (tertiary/aromatic N) is 3. The van der Waals surface area contributed by atoms with Crippen LogP contribution in [0.1, 0.15) is 15.9 Å². The molecule has 0 spiro atoms. The van der Waals surface area contributed by atoms with Crippen molar-refractivity contribution >= 4 is 12.1 Å². The highest BCUT2D eigenvalue weighted by Crippen LogP contribution is 2.24. The number of phenolic OH excluding ortho intramolecular Hbond substituents is 2. The summed E-state index contributed by atoms with van der Waals surface area (Å²) in [5.41, 5.74) is 4.95. The average molecular weight is 416 g/mol. The Morgan fingerprint density at radius 1 is 1.03 bits per heavy atom. The van der Waals surface area contributed by atoms with Crippen molar-refractivity contribution < 1.29 is 19.4 Å². The maximum absolute atomic E-state index is 13.3. The Balaban J connectivity index is 1.63. The molecular formula is C23H17FN4O3. The number of rotatable bonds is 5. The monoisotopic (exact) mass is 416 g/mol. The number of halogens is 1. The van der Waals surface area contributed by atoms with Crippen molar-refractivity contribution in [3.05, 3.63) is 95.9 Å². The predicted molar refractivity (Wildman–Crippen MR) is 114 cm³/mol. The Kier molecular flexibility index (Phi) is 5.44. The number of hydrogen-bond donors (Lipinski definition) is 3. The minimum Gasteiger partial charge on any atom is -0.508 e. The molecule has 0 radical (unpaired) electrons. The van der Waals surface area contributed by atoms with Crippen molar-refractivity contribution in [2.24, 2.45) is 5.10 Å². The molecule has 0 aliphatic rings. The number of carbonyl (C=O) groups is 1. The van der Waals surface area contributed by atoms with Gasteiger partial charge in [-0.2, -0.15) is 10.2 Å². The summed E-state index contributed by atoms with van der Waals surface area (Å²) in [6.07, 6.45) is 3.15. The van der Waals surface area contributed by atoms with Gasteiger partial charge in [-0.05, 0) is 48.5 Å². The van der Waals surface area contributed by atoms with Crippen LogP contribution in [-0.4, -0.2) is 32.1 Å². The van der Waals surface area contributed by atoms with Crippen molar-refractivity contribution in [1.29, 1.82) is 0 Å². The van der Waals surface area contributed by atoms with Crippen LogP contribution in [0.2, 0.25) is 0 Å². The highest BCUT2D eigenvalue weighted by molar-refractivity contribution is 5.98. The van der Waals surface area contributed by atoms with E-state index in [1.54, 1.807) is 23.0 Å². The summed E-state index contributed by atoms with van der Waals surface area (Å²) in [5, 5.41) is 27.7. The van der Waals surface area contributed by atoms with Gasteiger partial charge in [0, 0.05) is 23.4 Å². The molecule has 0 aliphatic carbocycles. The zero-order valence-corrected chi connectivity index (χ0v) is 16.1. The van der Waals surface area contributed by atoms with Crippen LogP contribution in [0.25, 0.3) is 16.9 Å². The van der Waals surface area contributed by atoms with Crippen LogP contribution in [0.3, 0.4) is 0 Å². The van der Waals surface area contributed by atoms with Crippen LogP contribution < -0.4 is 5.43 Å². The lowest BCUT2D eigenvalue weighted by molar-refractivity contribution is 0.0952. The molecule has 0 aliphatic heterocycles. The number of phenols is 2. The standard InChI is InChI=1S/C23H17FN4O3/c24-17-8-6-15(7-9-17)22-16(14-28(27-22)18-4-2-1-3-5-18)13-25-26-23(31)20-11-10-19(29)12-21(20)30/h1-14,29-30H,(H,26,31)/b25-13+. The first kappa shape index (κ1) is 19.8. The minimum atomic E-state index is -0.646. The van der Waals surface area contributed by atoms with Crippen LogP contribution in [0.4, 0.5) is 4.39 Å². The first-order valence-electron chi connectivity index (χ1n) is 9.27. The van der Waals surface area contributed by atoms with E-state index in [0.717, 1.165) is 11.8 Å². The maximum atomic E-state index is 13.3. The minimum absolute atomic E-state index is 0.0336. The molecule has 1 aromatic heterocycles. The molecular weight excluding hydrogens is 399 g/mol. The quantitative estimate of drug-likeness (QED) is 0.340. The topological polar surface area (TPSA) is 99.7 Å². The van der Waals surface area contributed by atoms with Gasteiger partial charge in [-0.3, -0.25) is 4.79 Å². The Labute approximate surface area is 176 Å². The number of hydrazone groups is 1. The van der Waals surface area contributed by atoms with E-state index in [1.165, 1.54) is 30.5 Å². The normalized spacial score (nSPS) is 11.0. The van der Waals surface area contributed by atoms with E-state index in [2.05, 4.69) is 15.6 Å². The fourth-order valence-electron chi connectivity index (χ4n) is 2.96. The number of carbonyl (C=O) groups excluding carboxylic acids is 1. The largest absolute Gasteiger partial charge is 0.508 e. The van der Waals surface area contributed by atoms with Crippen molar-refractivity contribution in [1.82, 2.24) is 15.2 Å². The third kappa shape index (κ3) is 4.43. The zero-order valence-electron chi connectivity index (χ0n) is 16.1. The number of nitrogens with one attached hydrogen (secondary N) is 1. The van der Waals surface area contributed by atoms with E-state index in [9.17, 15) is 19.4 Å². The lowest BCUT2D eigenvalue weighted by Gasteiger charge is -2.03. The Morgan fingerprint density at radius 2 is 1.77 bits per heavy atom. The molecule has 31 heavy (non-hydrogen) atoms. The second-order valence-electron chi connectivity index (χ2n) is 6.62. The summed E-state index contributed by atoms with van der Waals surface area (Å²) in [6, 6.07) is 19.0. The van der Waals surface area contributed by atoms with E-state index in [0.29, 0.717) is 16.8 Å². The van der Waals surface area contributed by atoms with E-state index >= 15 is 0 Å². The van der Waals surface area contributed by atoms with Crippen molar-refractivity contribution in [2.75, 3.05) is 0 Å². The van der Waals surface area contributed by atoms with Gasteiger partial charge < -0.3 is 10.2 Å². The second-order valence-corrected chi connectivity index (χ2v) is 6.62. The van der Waals surface area contributed by atoms with E-state index in [-0.39, 0.29) is 22.9 Å². The Bertz CT molecular complexity index is 1250. The van der Waals surface area contributed by atoms with Gasteiger partial charge in [0.05, 0.1) is 17.5 Å². The predicted octanol–water partition coefficient (Wildman–Crippen LogP) is 3.85. The molecule has 4 aromatic rings. The Morgan fingerprint density at radius 3 is 2.48 bits per heavy atom. The average Bonchev–Trinajstić information content (AvgIpc) is 3.19. The van der Waals surface area contributed by atoms with Gasteiger partial charge in [-0.1, -0.05) is 18.2 Å². The Hall–Kier alpha value is -4.46. The van der Waals surface area contributed by atoms with Gasteiger partial charge >= 0.3 is 0 Å². The molecule has 0 bridgehead atoms. The number of hydrogen-bond acceptors (Lipinski definition) is 5. The molecule has 0 atom stereocenters. The van der Waals surface area contributed by atoms with Gasteiger partial charge in [0.25, 0.3) is 5.91 Å². The molecule has 4 rings (SSSR count). The number of aromatic nitrogens is 2. The number of amides is 1. The molecule has 8 heteroatoms. The number of benzene rings is 3. The summed E-state index contributed by atoms with van der Waals surface area (Å²) >= 11 is 0. The fraction of sp³-hybridized carbons (Fsp3) is 0. The smallest absolute Gasteiger partial charge is 0.275 e. The van der Waals surface area contributed by atoms with Gasteiger partial charge in [-0.25, -0.2) is 14.5 Å². The fourth-order valence-corrected chi connectivity index (χ4v) is 2.96. The summed E-state index contributed by atoms with van der Waals surface area (Å²) in [6.45, 7) is 0. The van der Waals surface area contributed by atoms with E-state index in [1.807, 2.05) is 30.3 Å². The molecule has 7 nitrogen and oxygen atoms in total. The van der Waals surface area contributed by atoms with Gasteiger partial charge in [0.15, 0.2) is 0 Å². The molecule has 0 unspecified atom stereocenters. The number of para-hydroxylation sites is 1. The number of aromatic hydroxyl groups is 2. The van der Waals surface area contributed by atoms with Gasteiger partial charge in [0.1, 0.15) is 23.0 Å². The SMILES string of the molecule is O=C(N/N=C/c1cn(-c2ccccc2)nc1-c1ccc(F)cc1)c1ccc(O)cc1O. The van der Waals surface area contributed by atoms with Crippen LogP contribution in [0.5, 0.6) is 11.5 Å². The molecule has 3 N–H and O–H groups in total. The second kappa shape index (κ2) is 8.50. The highest BCUT2D eigenvalue weighted by atomic mass is 19.1. The third-order valence-corrected chi connectivity index (χ3v) is 4.48. The lowest BCUT2D eigenvalue weighted by Crippen LogP contribution is -2.17. The van der Waals surface area contributed by atoms with E-state index < -0.39 is 5.91 Å². The summed E-state index contributed by atoms with van der Waals surface area (Å²) in [7, 11) is 0. The first-order valence-corrected chi connectivity index (χ1v) is 9.27. The third-order valence-electron chi connectivity index (χ3n) is 4.48. The lowest BCUT2D eigenvalue weighted by atomic mass is 10.1. The molecule has 3 aromatic carbocycles. The molecule has 154 valence electrons. The summed E-state index contributed by atoms with van der Waals surface area (Å²) in [4.78, 5) is 12.3. The maximum Gasteiger partial charge on any atom is 0.275 e. The van der Waals surface area contributed by atoms with E-state index in [4.69, 9.17) is 0 Å². The van der Waals surface area contributed by atoms with Crippen LogP contribution in [0.15, 0.2) is 84.1 Å². The van der Waals surface area contributed by atoms with Crippen LogP contribution in [0, 0.1) is 5.82 Å². The van der Waals surface area contributed by atoms with Crippen LogP contribution >= 0.6 is 0 Å². The van der Waals surface area contributed by atoms with Crippen molar-refractivity contribution in [3.63, 3.8) is 0 Å². The summed E-state index contributed by atoms with van der Waals surface area (Å²) < 4.78 is 15.0. The zero-order chi connectivity index (χ0) is 21.8. The first-order chi connectivity index (χ1) is 15.0. The molecule has 0 saturated carbocycles. The molecule has 1 heterocycles. The van der Waals surface area contributed by atoms with Crippen LogP contribution in [-0.2, 0) is 0 Å². The van der Waals surface area contributed by atoms with Crippen molar-refractivity contribution in [3.8, 4) is 28.4 Å². The summed E-state index contributed by atoms with van der Waals surface area (Å²) in [5.74, 6) is -1.53. The molecule has 1 amide bonds. The molecule has 0 fully saturated rings.